The quantitative estimate of drug-likeness (QED) is 0.509. The molecule has 0 aromatic heterocycles. The lowest BCUT2D eigenvalue weighted by molar-refractivity contribution is 0.0694. The largest absolute Gasteiger partial charge is 0.507 e. The molecule has 0 saturated carbocycles. The summed E-state index contributed by atoms with van der Waals surface area (Å²) in [6.45, 7) is 1.48. The van der Waals surface area contributed by atoms with Crippen molar-refractivity contribution in [1.29, 1.82) is 0 Å². The summed E-state index contributed by atoms with van der Waals surface area (Å²) in [5.74, 6) is -1.37. The van der Waals surface area contributed by atoms with Gasteiger partial charge < -0.3 is 20.8 Å². The van der Waals surface area contributed by atoms with Gasteiger partial charge >= 0.3 is 5.97 Å². The van der Waals surface area contributed by atoms with Crippen molar-refractivity contribution in [3.63, 3.8) is 0 Å². The van der Waals surface area contributed by atoms with Crippen LogP contribution in [0.4, 0.5) is 5.69 Å². The van der Waals surface area contributed by atoms with Crippen molar-refractivity contribution < 1.29 is 15.0 Å². The number of hydrogen-bond acceptors (Lipinski definition) is 4. The SMILES string of the molecule is CNCc1cccc(NCc2cccc(-c3ccc(C(=O)O)c(O)c3)c2)c1. The van der Waals surface area contributed by atoms with Crippen molar-refractivity contribution in [3.8, 4) is 16.9 Å². The average molecular weight is 362 g/mol. The van der Waals surface area contributed by atoms with E-state index in [0.29, 0.717) is 6.54 Å². The summed E-state index contributed by atoms with van der Waals surface area (Å²) in [6.07, 6.45) is 0. The van der Waals surface area contributed by atoms with Gasteiger partial charge in [-0.2, -0.15) is 0 Å². The maximum Gasteiger partial charge on any atom is 0.339 e. The van der Waals surface area contributed by atoms with Gasteiger partial charge in [-0.3, -0.25) is 0 Å². The molecule has 3 aromatic carbocycles. The zero-order valence-electron chi connectivity index (χ0n) is 15.1. The second-order valence-corrected chi connectivity index (χ2v) is 6.32. The summed E-state index contributed by atoms with van der Waals surface area (Å²) in [6, 6.07) is 20.8. The minimum atomic E-state index is -1.14. The molecule has 0 unspecified atom stereocenters. The minimum Gasteiger partial charge on any atom is -0.507 e. The standard InChI is InChI=1S/C22H22N2O3/c1-23-13-16-5-3-7-19(11-16)24-14-15-4-2-6-17(10-15)18-8-9-20(22(26)27)21(25)12-18/h2-12,23-25H,13-14H2,1H3,(H,26,27). The Hall–Kier alpha value is -3.31. The van der Waals surface area contributed by atoms with Gasteiger partial charge in [0.2, 0.25) is 0 Å². The highest BCUT2D eigenvalue weighted by atomic mass is 16.4. The average Bonchev–Trinajstić information content (AvgIpc) is 2.67. The summed E-state index contributed by atoms with van der Waals surface area (Å²) in [5, 5.41) is 25.5. The van der Waals surface area contributed by atoms with E-state index in [1.807, 2.05) is 43.4 Å². The highest BCUT2D eigenvalue weighted by Gasteiger charge is 2.10. The number of carbonyl (C=O) groups is 1. The Morgan fingerprint density at radius 2 is 1.59 bits per heavy atom. The van der Waals surface area contributed by atoms with Crippen LogP contribution < -0.4 is 10.6 Å². The van der Waals surface area contributed by atoms with Crippen LogP contribution in [0.1, 0.15) is 21.5 Å². The Balaban J connectivity index is 1.75. The van der Waals surface area contributed by atoms with Crippen LogP contribution in [0.15, 0.2) is 66.7 Å². The Bertz CT molecular complexity index is 954. The van der Waals surface area contributed by atoms with Crippen LogP contribution in [0.3, 0.4) is 0 Å². The Morgan fingerprint density at radius 3 is 2.30 bits per heavy atom. The van der Waals surface area contributed by atoms with Crippen molar-refractivity contribution in [1.82, 2.24) is 5.32 Å². The number of aromatic carboxylic acids is 1. The molecule has 0 bridgehead atoms. The van der Waals surface area contributed by atoms with Crippen LogP contribution >= 0.6 is 0 Å². The van der Waals surface area contributed by atoms with Gasteiger partial charge in [-0.15, -0.1) is 0 Å². The Morgan fingerprint density at radius 1 is 0.889 bits per heavy atom. The lowest BCUT2D eigenvalue weighted by Crippen LogP contribution is -2.06. The number of anilines is 1. The van der Waals surface area contributed by atoms with Crippen LogP contribution in [0.25, 0.3) is 11.1 Å². The van der Waals surface area contributed by atoms with E-state index in [4.69, 9.17) is 5.11 Å². The van der Waals surface area contributed by atoms with Crippen LogP contribution in [0.5, 0.6) is 5.75 Å². The van der Waals surface area contributed by atoms with E-state index in [1.54, 1.807) is 6.07 Å². The highest BCUT2D eigenvalue weighted by Crippen LogP contribution is 2.27. The third-order valence-corrected chi connectivity index (χ3v) is 4.29. The van der Waals surface area contributed by atoms with Gasteiger partial charge in [-0.25, -0.2) is 4.79 Å². The first-order valence-electron chi connectivity index (χ1n) is 8.70. The first-order valence-corrected chi connectivity index (χ1v) is 8.70. The summed E-state index contributed by atoms with van der Waals surface area (Å²) in [5.41, 5.74) is 4.95. The van der Waals surface area contributed by atoms with E-state index in [1.165, 1.54) is 17.7 Å². The predicted octanol–water partition coefficient (Wildman–Crippen LogP) is 4.09. The second-order valence-electron chi connectivity index (χ2n) is 6.32. The summed E-state index contributed by atoms with van der Waals surface area (Å²) in [7, 11) is 1.92. The Labute approximate surface area is 158 Å². The maximum atomic E-state index is 11.0. The molecule has 0 aliphatic carbocycles. The molecule has 0 aliphatic rings. The van der Waals surface area contributed by atoms with Crippen LogP contribution in [0, 0.1) is 0 Å². The molecule has 0 saturated heterocycles. The van der Waals surface area contributed by atoms with Gasteiger partial charge in [0, 0.05) is 18.8 Å². The molecule has 138 valence electrons. The minimum absolute atomic E-state index is 0.0991. The summed E-state index contributed by atoms with van der Waals surface area (Å²) >= 11 is 0. The van der Waals surface area contributed by atoms with E-state index >= 15 is 0 Å². The van der Waals surface area contributed by atoms with Crippen molar-refractivity contribution in [2.24, 2.45) is 0 Å². The normalized spacial score (nSPS) is 10.6. The molecule has 0 atom stereocenters. The van der Waals surface area contributed by atoms with Gasteiger partial charge in [0.1, 0.15) is 11.3 Å². The molecule has 0 fully saturated rings. The number of nitrogens with one attached hydrogen (secondary N) is 2. The van der Waals surface area contributed by atoms with E-state index in [-0.39, 0.29) is 11.3 Å². The van der Waals surface area contributed by atoms with Crippen LogP contribution in [-0.2, 0) is 13.1 Å². The molecule has 27 heavy (non-hydrogen) atoms. The van der Waals surface area contributed by atoms with Crippen LogP contribution in [-0.4, -0.2) is 23.2 Å². The van der Waals surface area contributed by atoms with E-state index in [2.05, 4.69) is 22.8 Å². The van der Waals surface area contributed by atoms with Gasteiger partial charge in [0.25, 0.3) is 0 Å². The molecule has 0 heterocycles. The number of aromatic hydroxyl groups is 1. The number of rotatable bonds is 7. The molecule has 0 amide bonds. The zero-order chi connectivity index (χ0) is 19.2. The molecule has 0 spiro atoms. The fraction of sp³-hybridized carbons (Fsp3) is 0.136. The van der Waals surface area contributed by atoms with Crippen molar-refractivity contribution in [3.05, 3.63) is 83.4 Å². The number of hydrogen-bond donors (Lipinski definition) is 4. The zero-order valence-corrected chi connectivity index (χ0v) is 15.1. The molecule has 4 N–H and O–H groups in total. The fourth-order valence-electron chi connectivity index (χ4n) is 2.95. The number of phenols is 1. The first-order chi connectivity index (χ1) is 13.1. The van der Waals surface area contributed by atoms with Gasteiger partial charge in [0.15, 0.2) is 0 Å². The topological polar surface area (TPSA) is 81.6 Å². The highest BCUT2D eigenvalue weighted by molar-refractivity contribution is 5.91. The first kappa shape index (κ1) is 18.5. The van der Waals surface area contributed by atoms with Gasteiger partial charge in [-0.1, -0.05) is 36.4 Å². The summed E-state index contributed by atoms with van der Waals surface area (Å²) in [4.78, 5) is 11.0. The third-order valence-electron chi connectivity index (χ3n) is 4.29. The van der Waals surface area contributed by atoms with Gasteiger partial charge in [-0.05, 0) is 59.6 Å². The molecule has 0 aliphatic heterocycles. The number of carboxylic acid groups (broad SMARTS) is 1. The molecule has 0 radical (unpaired) electrons. The second kappa shape index (κ2) is 8.38. The lowest BCUT2D eigenvalue weighted by Gasteiger charge is -2.10. The Kier molecular flexibility index (Phi) is 5.74. The van der Waals surface area contributed by atoms with Crippen molar-refractivity contribution in [2.45, 2.75) is 13.1 Å². The van der Waals surface area contributed by atoms with Crippen molar-refractivity contribution in [2.75, 3.05) is 12.4 Å². The monoisotopic (exact) mass is 362 g/mol. The molecular formula is C22H22N2O3. The molecule has 3 rings (SSSR count). The molecule has 3 aromatic rings. The molecule has 5 heteroatoms. The number of benzene rings is 3. The van der Waals surface area contributed by atoms with Crippen LogP contribution in [0.2, 0.25) is 0 Å². The lowest BCUT2D eigenvalue weighted by atomic mass is 10.0. The van der Waals surface area contributed by atoms with Gasteiger partial charge in [0.05, 0.1) is 0 Å². The molecular weight excluding hydrogens is 340 g/mol. The predicted molar refractivity (Wildman–Crippen MR) is 107 cm³/mol. The fourth-order valence-corrected chi connectivity index (χ4v) is 2.95. The van der Waals surface area contributed by atoms with E-state index in [0.717, 1.165) is 28.9 Å². The summed E-state index contributed by atoms with van der Waals surface area (Å²) < 4.78 is 0. The number of carboxylic acids is 1. The third kappa shape index (κ3) is 4.65. The van der Waals surface area contributed by atoms with E-state index in [9.17, 15) is 9.90 Å². The van der Waals surface area contributed by atoms with Crippen molar-refractivity contribution >= 4 is 11.7 Å². The smallest absolute Gasteiger partial charge is 0.339 e. The van der Waals surface area contributed by atoms with E-state index < -0.39 is 5.97 Å². The molecule has 5 nitrogen and oxygen atoms in total. The maximum absolute atomic E-state index is 11.0.